The van der Waals surface area contributed by atoms with Gasteiger partial charge in [-0.2, -0.15) is 8.78 Å². The zero-order valence-corrected chi connectivity index (χ0v) is 16.4. The Kier molecular flexibility index (Phi) is 6.09. The Bertz CT molecular complexity index is 874. The third-order valence-corrected chi connectivity index (χ3v) is 4.94. The smallest absolute Gasteiger partial charge is 0.387 e. The molecule has 1 fully saturated rings. The van der Waals surface area contributed by atoms with Crippen molar-refractivity contribution in [3.8, 4) is 11.5 Å². The number of morpholine rings is 1. The predicted molar refractivity (Wildman–Crippen MR) is 99.7 cm³/mol. The van der Waals surface area contributed by atoms with E-state index in [2.05, 4.69) is 25.0 Å². The van der Waals surface area contributed by atoms with Crippen molar-refractivity contribution in [2.24, 2.45) is 5.16 Å². The second-order valence-electron chi connectivity index (χ2n) is 7.12. The number of rotatable bonds is 8. The number of benzene rings is 1. The lowest BCUT2D eigenvalue weighted by Gasteiger charge is -2.26. The van der Waals surface area contributed by atoms with Crippen LogP contribution in [0.5, 0.6) is 11.5 Å². The quantitative estimate of drug-likeness (QED) is 0.638. The van der Waals surface area contributed by atoms with Gasteiger partial charge in [0.2, 0.25) is 12.0 Å². The normalized spacial score (nSPS) is 22.1. The Labute approximate surface area is 171 Å². The molecule has 1 saturated heterocycles. The van der Waals surface area contributed by atoms with Crippen molar-refractivity contribution in [1.29, 1.82) is 0 Å². The van der Waals surface area contributed by atoms with E-state index in [1.807, 2.05) is 0 Å². The Morgan fingerprint density at radius 1 is 1.23 bits per heavy atom. The molecule has 4 rings (SSSR count). The van der Waals surface area contributed by atoms with Gasteiger partial charge >= 0.3 is 6.61 Å². The fourth-order valence-electron chi connectivity index (χ4n) is 3.32. The van der Waals surface area contributed by atoms with E-state index in [0.717, 1.165) is 13.1 Å². The van der Waals surface area contributed by atoms with Gasteiger partial charge in [-0.15, -0.1) is 10.2 Å². The summed E-state index contributed by atoms with van der Waals surface area (Å²) in [6.45, 7) is 2.78. The van der Waals surface area contributed by atoms with E-state index in [4.69, 9.17) is 18.7 Å². The van der Waals surface area contributed by atoms with Crippen LogP contribution in [0.25, 0.3) is 0 Å². The van der Waals surface area contributed by atoms with E-state index in [9.17, 15) is 8.78 Å². The fourth-order valence-corrected chi connectivity index (χ4v) is 3.32. The van der Waals surface area contributed by atoms with Crippen LogP contribution in [0.1, 0.15) is 24.8 Å². The summed E-state index contributed by atoms with van der Waals surface area (Å²) in [7, 11) is 0. The zero-order valence-electron chi connectivity index (χ0n) is 16.4. The monoisotopic (exact) mass is 424 g/mol. The lowest BCUT2D eigenvalue weighted by Crippen LogP contribution is -2.38. The second-order valence-corrected chi connectivity index (χ2v) is 7.12. The Hall–Kier alpha value is -2.79. The summed E-state index contributed by atoms with van der Waals surface area (Å²) in [5, 5.41) is 11.7. The van der Waals surface area contributed by atoms with Gasteiger partial charge in [0.05, 0.1) is 18.9 Å². The molecule has 1 aromatic carbocycles. The molecule has 11 heteroatoms. The molecule has 1 aromatic heterocycles. The molecule has 2 aromatic rings. The molecule has 30 heavy (non-hydrogen) atoms. The van der Waals surface area contributed by atoms with Crippen LogP contribution in [0, 0.1) is 0 Å². The van der Waals surface area contributed by atoms with Crippen LogP contribution in [0.4, 0.5) is 8.78 Å². The summed E-state index contributed by atoms with van der Waals surface area (Å²) < 4.78 is 46.6. The van der Waals surface area contributed by atoms with Crippen molar-refractivity contribution in [2.45, 2.75) is 25.6 Å². The summed E-state index contributed by atoms with van der Waals surface area (Å²) in [5.41, 5.74) is 0.389. The minimum Gasteiger partial charge on any atom is -0.488 e. The van der Waals surface area contributed by atoms with Crippen molar-refractivity contribution >= 4 is 5.71 Å². The summed E-state index contributed by atoms with van der Waals surface area (Å²) in [5.74, 6) is 0.492. The van der Waals surface area contributed by atoms with E-state index in [-0.39, 0.29) is 11.5 Å². The number of aromatic nitrogens is 2. The summed E-state index contributed by atoms with van der Waals surface area (Å²) in [4.78, 5) is 7.71. The molecular weight excluding hydrogens is 402 g/mol. The number of halogens is 2. The Balaban J connectivity index is 1.46. The first kappa shape index (κ1) is 20.5. The maximum atomic E-state index is 12.8. The van der Waals surface area contributed by atoms with Crippen molar-refractivity contribution in [1.82, 2.24) is 15.1 Å². The topological polar surface area (TPSA) is 91.4 Å². The van der Waals surface area contributed by atoms with Crippen molar-refractivity contribution in [2.75, 3.05) is 39.5 Å². The Morgan fingerprint density at radius 3 is 2.80 bits per heavy atom. The molecule has 0 N–H and O–H groups in total. The van der Waals surface area contributed by atoms with Crippen LogP contribution in [0.2, 0.25) is 0 Å². The minimum absolute atomic E-state index is 0.0325. The standard InChI is InChI=1S/C19H22F2N4O5/c1-19(17-23-22-12-28-17)11-14(24-30-19)13-2-3-15(29-18(20)21)16(10-13)27-9-6-25-4-7-26-8-5-25/h2-3,10,12,18H,4-9,11H2,1H3. The highest BCUT2D eigenvalue weighted by molar-refractivity contribution is 6.02. The van der Waals surface area contributed by atoms with Gasteiger partial charge in [-0.25, -0.2) is 0 Å². The van der Waals surface area contributed by atoms with Crippen LogP contribution in [-0.4, -0.2) is 66.9 Å². The van der Waals surface area contributed by atoms with Gasteiger partial charge in [-0.3, -0.25) is 4.90 Å². The van der Waals surface area contributed by atoms with Gasteiger partial charge in [-0.05, 0) is 25.1 Å². The van der Waals surface area contributed by atoms with E-state index >= 15 is 0 Å². The lowest BCUT2D eigenvalue weighted by molar-refractivity contribution is -0.0516. The lowest BCUT2D eigenvalue weighted by atomic mass is 9.95. The predicted octanol–water partition coefficient (Wildman–Crippen LogP) is 2.42. The third kappa shape index (κ3) is 4.68. The zero-order chi connectivity index (χ0) is 21.0. The summed E-state index contributed by atoms with van der Waals surface area (Å²) in [6.07, 6.45) is 1.59. The van der Waals surface area contributed by atoms with Crippen LogP contribution in [-0.2, 0) is 15.2 Å². The van der Waals surface area contributed by atoms with Crippen LogP contribution in [0.3, 0.4) is 0 Å². The molecule has 1 unspecified atom stereocenters. The minimum atomic E-state index is -2.95. The van der Waals surface area contributed by atoms with E-state index in [1.165, 1.54) is 12.5 Å². The highest BCUT2D eigenvalue weighted by Crippen LogP contribution is 2.37. The number of hydrogen-bond donors (Lipinski definition) is 0. The van der Waals surface area contributed by atoms with Crippen LogP contribution >= 0.6 is 0 Å². The van der Waals surface area contributed by atoms with Crippen molar-refractivity contribution < 1.29 is 32.2 Å². The van der Waals surface area contributed by atoms with E-state index < -0.39 is 12.2 Å². The van der Waals surface area contributed by atoms with Gasteiger partial charge in [0.25, 0.3) is 5.89 Å². The van der Waals surface area contributed by atoms with Gasteiger partial charge in [0.1, 0.15) is 6.61 Å². The number of ether oxygens (including phenoxy) is 3. The molecule has 1 atom stereocenters. The SMILES string of the molecule is CC1(c2nnco2)CC(c2ccc(OC(F)F)c(OCCN3CCOCC3)c2)=NO1. The third-order valence-electron chi connectivity index (χ3n) is 4.94. The van der Waals surface area contributed by atoms with E-state index in [1.54, 1.807) is 19.1 Å². The van der Waals surface area contributed by atoms with Gasteiger partial charge in [0, 0.05) is 31.6 Å². The molecule has 2 aliphatic rings. The van der Waals surface area contributed by atoms with Crippen LogP contribution in [0.15, 0.2) is 34.2 Å². The molecule has 0 bridgehead atoms. The average molecular weight is 424 g/mol. The van der Waals surface area contributed by atoms with Crippen molar-refractivity contribution in [3.63, 3.8) is 0 Å². The van der Waals surface area contributed by atoms with Crippen molar-refractivity contribution in [3.05, 3.63) is 36.0 Å². The molecule has 0 amide bonds. The maximum Gasteiger partial charge on any atom is 0.387 e. The Morgan fingerprint density at radius 2 is 2.07 bits per heavy atom. The van der Waals surface area contributed by atoms with Gasteiger partial charge < -0.3 is 23.5 Å². The largest absolute Gasteiger partial charge is 0.488 e. The van der Waals surface area contributed by atoms with E-state index in [0.29, 0.717) is 50.0 Å². The fraction of sp³-hybridized carbons (Fsp3) is 0.526. The summed E-state index contributed by atoms with van der Waals surface area (Å²) in [6, 6.07) is 4.70. The number of oxime groups is 1. The molecule has 0 radical (unpaired) electrons. The molecule has 0 aliphatic carbocycles. The van der Waals surface area contributed by atoms with Gasteiger partial charge in [-0.1, -0.05) is 5.16 Å². The molecular formula is C19H22F2N4O5. The molecule has 162 valence electrons. The average Bonchev–Trinajstić information content (AvgIpc) is 3.41. The molecule has 0 spiro atoms. The first-order valence-corrected chi connectivity index (χ1v) is 9.57. The maximum absolute atomic E-state index is 12.8. The number of hydrogen-bond acceptors (Lipinski definition) is 9. The number of alkyl halides is 2. The van der Waals surface area contributed by atoms with Crippen LogP contribution < -0.4 is 9.47 Å². The molecule has 2 aliphatic heterocycles. The molecule has 9 nitrogen and oxygen atoms in total. The molecule has 3 heterocycles. The highest BCUT2D eigenvalue weighted by atomic mass is 19.3. The second kappa shape index (κ2) is 8.92. The first-order valence-electron chi connectivity index (χ1n) is 9.57. The number of nitrogens with zero attached hydrogens (tertiary/aromatic N) is 4. The molecule has 0 saturated carbocycles. The van der Waals surface area contributed by atoms with Gasteiger partial charge in [0.15, 0.2) is 11.5 Å². The highest BCUT2D eigenvalue weighted by Gasteiger charge is 2.41. The first-order chi connectivity index (χ1) is 14.5. The summed E-state index contributed by atoms with van der Waals surface area (Å²) >= 11 is 0.